The number of hydrogen-bond donors (Lipinski definition) is 0. The summed E-state index contributed by atoms with van der Waals surface area (Å²) in [5.74, 6) is -0.0784. The molecule has 2 heterocycles. The monoisotopic (exact) mass is 349 g/mol. The smallest absolute Gasteiger partial charge is 0.258 e. The van der Waals surface area contributed by atoms with Gasteiger partial charge >= 0.3 is 0 Å². The van der Waals surface area contributed by atoms with Crippen molar-refractivity contribution in [1.82, 2.24) is 14.7 Å². The number of thiophene rings is 1. The number of carbonyl (C=O) groups excluding carboxylic acids is 1. The summed E-state index contributed by atoms with van der Waals surface area (Å²) in [6, 6.07) is 13.7. The largest absolute Gasteiger partial charge is 0.331 e. The fourth-order valence-electron chi connectivity index (χ4n) is 2.56. The Morgan fingerprint density at radius 2 is 1.84 bits per heavy atom. The third-order valence-electron chi connectivity index (χ3n) is 3.71. The Hall–Kier alpha value is -2.92. The molecule has 0 saturated heterocycles. The molecular formula is C20H19N3OS. The number of aromatic nitrogens is 2. The Labute approximate surface area is 151 Å². The first kappa shape index (κ1) is 16.9. The van der Waals surface area contributed by atoms with Crippen molar-refractivity contribution in [1.29, 1.82) is 0 Å². The van der Waals surface area contributed by atoms with Crippen molar-refractivity contribution in [2.45, 2.75) is 0 Å². The minimum Gasteiger partial charge on any atom is -0.331 e. The van der Waals surface area contributed by atoms with Crippen LogP contribution in [-0.2, 0) is 0 Å². The van der Waals surface area contributed by atoms with E-state index in [2.05, 4.69) is 18.3 Å². The quantitative estimate of drug-likeness (QED) is 0.592. The first-order valence-electron chi connectivity index (χ1n) is 7.94. The van der Waals surface area contributed by atoms with Gasteiger partial charge < -0.3 is 4.90 Å². The normalized spacial score (nSPS) is 10.4. The first-order chi connectivity index (χ1) is 12.2. The van der Waals surface area contributed by atoms with E-state index < -0.39 is 0 Å². The maximum absolute atomic E-state index is 13.1. The van der Waals surface area contributed by atoms with Gasteiger partial charge in [-0.25, -0.2) is 4.68 Å². The van der Waals surface area contributed by atoms with Crippen LogP contribution in [0.15, 0.2) is 79.4 Å². The summed E-state index contributed by atoms with van der Waals surface area (Å²) in [6.45, 7) is 8.40. The van der Waals surface area contributed by atoms with Crippen molar-refractivity contribution in [3.05, 3.63) is 84.9 Å². The summed E-state index contributed by atoms with van der Waals surface area (Å²) in [6.07, 6.45) is 5.23. The SMILES string of the molecule is C=CCN(CC=C)C(=O)c1cn(-c2ccccc2)nc1-c1cccs1. The first-order valence-corrected chi connectivity index (χ1v) is 8.82. The second-order valence-corrected chi connectivity index (χ2v) is 6.38. The van der Waals surface area contributed by atoms with Crippen molar-refractivity contribution in [3.8, 4) is 16.3 Å². The zero-order valence-corrected chi connectivity index (χ0v) is 14.7. The molecule has 0 spiro atoms. The number of para-hydroxylation sites is 1. The van der Waals surface area contributed by atoms with Crippen LogP contribution in [0.4, 0.5) is 0 Å². The summed E-state index contributed by atoms with van der Waals surface area (Å²) in [7, 11) is 0. The van der Waals surface area contributed by atoms with E-state index in [4.69, 9.17) is 0 Å². The van der Waals surface area contributed by atoms with Crippen LogP contribution in [0.5, 0.6) is 0 Å². The number of benzene rings is 1. The molecule has 0 saturated carbocycles. The van der Waals surface area contributed by atoms with Gasteiger partial charge in [-0.3, -0.25) is 4.79 Å². The lowest BCUT2D eigenvalue weighted by atomic mass is 10.2. The van der Waals surface area contributed by atoms with Gasteiger partial charge in [0.05, 0.1) is 16.1 Å². The Morgan fingerprint density at radius 3 is 2.44 bits per heavy atom. The average molecular weight is 349 g/mol. The predicted octanol–water partition coefficient (Wildman–Crippen LogP) is 4.42. The highest BCUT2D eigenvalue weighted by Crippen LogP contribution is 2.28. The van der Waals surface area contributed by atoms with Gasteiger partial charge in [-0.15, -0.1) is 24.5 Å². The number of carbonyl (C=O) groups is 1. The molecule has 0 radical (unpaired) electrons. The number of amides is 1. The molecule has 0 N–H and O–H groups in total. The average Bonchev–Trinajstić information content (AvgIpc) is 3.31. The van der Waals surface area contributed by atoms with Crippen molar-refractivity contribution in [2.75, 3.05) is 13.1 Å². The standard InChI is InChI=1S/C20H19N3OS/c1-3-12-22(13-4-2)20(24)17-15-23(16-9-6-5-7-10-16)21-19(17)18-11-8-14-25-18/h3-11,14-15H,1-2,12-13H2. The number of nitrogens with zero attached hydrogens (tertiary/aromatic N) is 3. The van der Waals surface area contributed by atoms with Crippen molar-refractivity contribution in [2.24, 2.45) is 0 Å². The Bertz CT molecular complexity index is 856. The molecule has 5 heteroatoms. The maximum Gasteiger partial charge on any atom is 0.258 e. The summed E-state index contributed by atoms with van der Waals surface area (Å²) >= 11 is 1.57. The highest BCUT2D eigenvalue weighted by atomic mass is 32.1. The van der Waals surface area contributed by atoms with E-state index in [1.807, 2.05) is 47.8 Å². The zero-order valence-electron chi connectivity index (χ0n) is 13.8. The van der Waals surface area contributed by atoms with E-state index in [9.17, 15) is 4.79 Å². The van der Waals surface area contributed by atoms with Gasteiger partial charge in [0.2, 0.25) is 0 Å². The summed E-state index contributed by atoms with van der Waals surface area (Å²) in [5, 5.41) is 6.66. The lowest BCUT2D eigenvalue weighted by molar-refractivity contribution is 0.0791. The van der Waals surface area contributed by atoms with Gasteiger partial charge in [0.15, 0.2) is 0 Å². The second-order valence-electron chi connectivity index (χ2n) is 5.44. The molecule has 1 aromatic carbocycles. The Kier molecular flexibility index (Phi) is 5.26. The van der Waals surface area contributed by atoms with Gasteiger partial charge in [0.1, 0.15) is 5.69 Å². The summed E-state index contributed by atoms with van der Waals surface area (Å²) < 4.78 is 1.75. The summed E-state index contributed by atoms with van der Waals surface area (Å²) in [4.78, 5) is 15.7. The van der Waals surface area contributed by atoms with Crippen molar-refractivity contribution in [3.63, 3.8) is 0 Å². The van der Waals surface area contributed by atoms with Gasteiger partial charge in [-0.2, -0.15) is 5.10 Å². The molecule has 0 aliphatic carbocycles. The third-order valence-corrected chi connectivity index (χ3v) is 4.58. The van der Waals surface area contributed by atoms with Gasteiger partial charge in [0, 0.05) is 19.3 Å². The minimum atomic E-state index is -0.0784. The minimum absolute atomic E-state index is 0.0784. The van der Waals surface area contributed by atoms with E-state index in [1.54, 1.807) is 39.3 Å². The van der Waals surface area contributed by atoms with Crippen LogP contribution in [0.1, 0.15) is 10.4 Å². The molecule has 1 amide bonds. The fraction of sp³-hybridized carbons (Fsp3) is 0.100. The van der Waals surface area contributed by atoms with Crippen LogP contribution in [0.2, 0.25) is 0 Å². The number of rotatable bonds is 7. The molecule has 0 fully saturated rings. The van der Waals surface area contributed by atoms with Gasteiger partial charge in [0.25, 0.3) is 5.91 Å². The molecule has 2 aromatic heterocycles. The predicted molar refractivity (Wildman–Crippen MR) is 103 cm³/mol. The topological polar surface area (TPSA) is 38.1 Å². The molecule has 0 aliphatic rings. The van der Waals surface area contributed by atoms with E-state index in [1.165, 1.54) is 0 Å². The Balaban J connectivity index is 2.07. The van der Waals surface area contributed by atoms with Gasteiger partial charge in [-0.1, -0.05) is 36.4 Å². The Morgan fingerprint density at radius 1 is 1.12 bits per heavy atom. The highest BCUT2D eigenvalue weighted by molar-refractivity contribution is 7.13. The van der Waals surface area contributed by atoms with E-state index >= 15 is 0 Å². The van der Waals surface area contributed by atoms with E-state index in [0.29, 0.717) is 24.3 Å². The molecule has 3 aromatic rings. The fourth-order valence-corrected chi connectivity index (χ4v) is 3.28. The molecule has 0 atom stereocenters. The van der Waals surface area contributed by atoms with Crippen LogP contribution in [0.3, 0.4) is 0 Å². The van der Waals surface area contributed by atoms with E-state index in [-0.39, 0.29) is 5.91 Å². The summed E-state index contributed by atoms with van der Waals surface area (Å²) in [5.41, 5.74) is 2.19. The van der Waals surface area contributed by atoms with Crippen LogP contribution >= 0.6 is 11.3 Å². The molecule has 0 unspecified atom stereocenters. The zero-order chi connectivity index (χ0) is 17.6. The van der Waals surface area contributed by atoms with Crippen LogP contribution < -0.4 is 0 Å². The molecule has 0 aliphatic heterocycles. The lowest BCUT2D eigenvalue weighted by Crippen LogP contribution is -2.31. The molecule has 0 bridgehead atoms. The molecule has 25 heavy (non-hydrogen) atoms. The second kappa shape index (κ2) is 7.77. The van der Waals surface area contributed by atoms with Crippen LogP contribution in [-0.4, -0.2) is 33.7 Å². The van der Waals surface area contributed by atoms with Crippen molar-refractivity contribution >= 4 is 17.2 Å². The van der Waals surface area contributed by atoms with Crippen LogP contribution in [0, 0.1) is 0 Å². The van der Waals surface area contributed by atoms with E-state index in [0.717, 1.165) is 10.6 Å². The molecule has 3 rings (SSSR count). The molecular weight excluding hydrogens is 330 g/mol. The maximum atomic E-state index is 13.1. The van der Waals surface area contributed by atoms with Gasteiger partial charge in [-0.05, 0) is 23.6 Å². The lowest BCUT2D eigenvalue weighted by Gasteiger charge is -2.18. The molecule has 4 nitrogen and oxygen atoms in total. The third kappa shape index (κ3) is 3.61. The molecule has 126 valence electrons. The highest BCUT2D eigenvalue weighted by Gasteiger charge is 2.22. The van der Waals surface area contributed by atoms with Crippen LogP contribution in [0.25, 0.3) is 16.3 Å². The number of hydrogen-bond acceptors (Lipinski definition) is 3. The van der Waals surface area contributed by atoms with Crippen molar-refractivity contribution < 1.29 is 4.79 Å².